The molecule has 8 heteroatoms. The molecule has 0 aliphatic rings. The first kappa shape index (κ1) is 12.2. The van der Waals surface area contributed by atoms with Gasteiger partial charge in [-0.1, -0.05) is 0 Å². The number of hydrogen-bond donors (Lipinski definition) is 2. The summed E-state index contributed by atoms with van der Waals surface area (Å²) >= 11 is 3.36. The number of imidazole rings is 1. The third kappa shape index (κ3) is 2.49. The van der Waals surface area contributed by atoms with Gasteiger partial charge in [-0.05, 0) is 22.9 Å². The van der Waals surface area contributed by atoms with Crippen molar-refractivity contribution in [3.63, 3.8) is 0 Å². The number of nitrogens with one attached hydrogen (secondary N) is 2. The van der Waals surface area contributed by atoms with E-state index in [1.807, 2.05) is 23.7 Å². The average molecular weight is 322 g/mol. The van der Waals surface area contributed by atoms with E-state index < -0.39 is 0 Å². The van der Waals surface area contributed by atoms with E-state index in [0.717, 1.165) is 21.8 Å². The van der Waals surface area contributed by atoms with Gasteiger partial charge in [-0.25, -0.2) is 15.0 Å². The number of halogens is 1. The van der Waals surface area contributed by atoms with Crippen molar-refractivity contribution in [3.8, 4) is 0 Å². The predicted molar refractivity (Wildman–Crippen MR) is 72.3 cm³/mol. The third-order valence-electron chi connectivity index (χ3n) is 2.87. The van der Waals surface area contributed by atoms with E-state index >= 15 is 0 Å². The predicted octanol–water partition coefficient (Wildman–Crippen LogP) is 1.46. The maximum absolute atomic E-state index is 4.30. The highest BCUT2D eigenvalue weighted by atomic mass is 79.9. The SMILES string of the molecule is CC(NCc1cnc2cnc(Br)cn12)c1ncn[nH]1. The molecule has 0 aliphatic carbocycles. The molecular formula is C11H12BrN7. The van der Waals surface area contributed by atoms with Crippen LogP contribution in [0.4, 0.5) is 0 Å². The molecular weight excluding hydrogens is 310 g/mol. The summed E-state index contributed by atoms with van der Waals surface area (Å²) in [5.41, 5.74) is 1.89. The van der Waals surface area contributed by atoms with E-state index in [1.165, 1.54) is 6.33 Å². The van der Waals surface area contributed by atoms with Crippen LogP contribution in [0.15, 0.2) is 29.5 Å². The second-order valence-corrected chi connectivity index (χ2v) is 4.97. The molecule has 19 heavy (non-hydrogen) atoms. The largest absolute Gasteiger partial charge is 0.302 e. The number of aromatic amines is 1. The standard InChI is InChI=1S/C11H12BrN7/c1-7(11-16-6-17-18-11)13-2-8-3-15-10-4-14-9(12)5-19(8)10/h3-7,13H,2H2,1H3,(H,16,17,18). The Hall–Kier alpha value is -1.80. The Bertz CT molecular complexity index is 675. The van der Waals surface area contributed by atoms with E-state index in [4.69, 9.17) is 0 Å². The Labute approximate surface area is 117 Å². The van der Waals surface area contributed by atoms with Gasteiger partial charge >= 0.3 is 0 Å². The summed E-state index contributed by atoms with van der Waals surface area (Å²) in [5, 5.41) is 10.1. The quantitative estimate of drug-likeness (QED) is 0.760. The third-order valence-corrected chi connectivity index (χ3v) is 3.28. The fourth-order valence-corrected chi connectivity index (χ4v) is 2.13. The highest BCUT2D eigenvalue weighted by Crippen LogP contribution is 2.12. The van der Waals surface area contributed by atoms with Crippen LogP contribution in [-0.4, -0.2) is 29.5 Å². The van der Waals surface area contributed by atoms with Crippen LogP contribution in [-0.2, 0) is 6.54 Å². The van der Waals surface area contributed by atoms with Crippen molar-refractivity contribution in [2.24, 2.45) is 0 Å². The first-order valence-electron chi connectivity index (χ1n) is 5.80. The van der Waals surface area contributed by atoms with Crippen molar-refractivity contribution in [1.29, 1.82) is 0 Å². The topological polar surface area (TPSA) is 83.8 Å². The minimum absolute atomic E-state index is 0.0957. The van der Waals surface area contributed by atoms with Gasteiger partial charge in [0.15, 0.2) is 5.65 Å². The van der Waals surface area contributed by atoms with Crippen molar-refractivity contribution < 1.29 is 0 Å². The molecule has 3 rings (SSSR count). The van der Waals surface area contributed by atoms with Gasteiger partial charge < -0.3 is 5.32 Å². The molecule has 0 aliphatic heterocycles. The summed E-state index contributed by atoms with van der Waals surface area (Å²) in [4.78, 5) is 12.6. The first-order chi connectivity index (χ1) is 9.24. The number of nitrogens with zero attached hydrogens (tertiary/aromatic N) is 5. The number of rotatable bonds is 4. The maximum Gasteiger partial charge on any atom is 0.155 e. The van der Waals surface area contributed by atoms with Gasteiger partial charge in [0, 0.05) is 12.7 Å². The molecule has 0 radical (unpaired) electrons. The van der Waals surface area contributed by atoms with Crippen molar-refractivity contribution >= 4 is 21.6 Å². The van der Waals surface area contributed by atoms with Crippen LogP contribution < -0.4 is 5.32 Å². The molecule has 0 bridgehead atoms. The molecule has 0 amide bonds. The Morgan fingerprint density at radius 2 is 2.26 bits per heavy atom. The van der Waals surface area contributed by atoms with Crippen LogP contribution in [0.1, 0.15) is 24.5 Å². The smallest absolute Gasteiger partial charge is 0.155 e. The maximum atomic E-state index is 4.30. The van der Waals surface area contributed by atoms with Crippen molar-refractivity contribution in [2.45, 2.75) is 19.5 Å². The zero-order chi connectivity index (χ0) is 13.2. The molecule has 7 nitrogen and oxygen atoms in total. The lowest BCUT2D eigenvalue weighted by atomic mass is 10.3. The fourth-order valence-electron chi connectivity index (χ4n) is 1.82. The van der Waals surface area contributed by atoms with Crippen molar-refractivity contribution in [1.82, 2.24) is 34.9 Å². The zero-order valence-corrected chi connectivity index (χ0v) is 11.8. The molecule has 3 heterocycles. The normalized spacial score (nSPS) is 12.9. The average Bonchev–Trinajstić information content (AvgIpc) is 3.05. The molecule has 1 unspecified atom stereocenters. The van der Waals surface area contributed by atoms with E-state index in [1.54, 1.807) is 6.20 Å². The minimum Gasteiger partial charge on any atom is -0.302 e. The van der Waals surface area contributed by atoms with Gasteiger partial charge in [0.25, 0.3) is 0 Å². The van der Waals surface area contributed by atoms with Gasteiger partial charge in [-0.15, -0.1) is 0 Å². The second-order valence-electron chi connectivity index (χ2n) is 4.16. The molecule has 0 saturated carbocycles. The monoisotopic (exact) mass is 321 g/mol. The van der Waals surface area contributed by atoms with Crippen LogP contribution in [0.2, 0.25) is 0 Å². The fraction of sp³-hybridized carbons (Fsp3) is 0.273. The van der Waals surface area contributed by atoms with Crippen LogP contribution in [0.5, 0.6) is 0 Å². The van der Waals surface area contributed by atoms with Gasteiger partial charge in [0.05, 0.1) is 24.1 Å². The zero-order valence-electron chi connectivity index (χ0n) is 10.2. The van der Waals surface area contributed by atoms with Crippen LogP contribution in [0, 0.1) is 0 Å². The van der Waals surface area contributed by atoms with Gasteiger partial charge in [0.1, 0.15) is 16.8 Å². The van der Waals surface area contributed by atoms with Crippen molar-refractivity contribution in [2.75, 3.05) is 0 Å². The molecule has 0 saturated heterocycles. The Balaban J connectivity index is 1.77. The number of hydrogen-bond acceptors (Lipinski definition) is 5. The molecule has 3 aromatic rings. The lowest BCUT2D eigenvalue weighted by Crippen LogP contribution is -2.20. The van der Waals surface area contributed by atoms with Gasteiger partial charge in [-0.2, -0.15) is 5.10 Å². The van der Waals surface area contributed by atoms with E-state index in [0.29, 0.717) is 6.54 Å². The summed E-state index contributed by atoms with van der Waals surface area (Å²) < 4.78 is 2.78. The molecule has 0 aromatic carbocycles. The van der Waals surface area contributed by atoms with E-state index in [-0.39, 0.29) is 6.04 Å². The number of fused-ring (bicyclic) bond motifs is 1. The van der Waals surface area contributed by atoms with Crippen LogP contribution in [0.25, 0.3) is 5.65 Å². The molecule has 98 valence electrons. The van der Waals surface area contributed by atoms with Crippen LogP contribution >= 0.6 is 15.9 Å². The van der Waals surface area contributed by atoms with E-state index in [9.17, 15) is 0 Å². The first-order valence-corrected chi connectivity index (χ1v) is 6.59. The Morgan fingerprint density at radius 3 is 3.05 bits per heavy atom. The Morgan fingerprint density at radius 1 is 1.37 bits per heavy atom. The lowest BCUT2D eigenvalue weighted by molar-refractivity contribution is 0.540. The second kappa shape index (κ2) is 5.06. The molecule has 0 spiro atoms. The molecule has 0 fully saturated rings. The summed E-state index contributed by atoms with van der Waals surface area (Å²) in [7, 11) is 0. The molecule has 2 N–H and O–H groups in total. The highest BCUT2D eigenvalue weighted by molar-refractivity contribution is 9.10. The molecule has 3 aromatic heterocycles. The van der Waals surface area contributed by atoms with E-state index in [2.05, 4.69) is 46.4 Å². The summed E-state index contributed by atoms with van der Waals surface area (Å²) in [5.74, 6) is 0.816. The number of aromatic nitrogens is 6. The number of H-pyrrole nitrogens is 1. The van der Waals surface area contributed by atoms with Crippen LogP contribution in [0.3, 0.4) is 0 Å². The Kier molecular flexibility index (Phi) is 3.26. The summed E-state index contributed by atoms with van der Waals surface area (Å²) in [6.07, 6.45) is 6.97. The van der Waals surface area contributed by atoms with Gasteiger partial charge in [-0.3, -0.25) is 9.50 Å². The minimum atomic E-state index is 0.0957. The summed E-state index contributed by atoms with van der Waals surface area (Å²) in [6.45, 7) is 2.71. The van der Waals surface area contributed by atoms with Gasteiger partial charge in [0.2, 0.25) is 0 Å². The molecule has 1 atom stereocenters. The summed E-state index contributed by atoms with van der Waals surface area (Å²) in [6, 6.07) is 0.0957. The highest BCUT2D eigenvalue weighted by Gasteiger charge is 2.09. The van der Waals surface area contributed by atoms with Crippen molar-refractivity contribution in [3.05, 3.63) is 41.0 Å². The lowest BCUT2D eigenvalue weighted by Gasteiger charge is -2.10.